The highest BCUT2D eigenvalue weighted by Crippen LogP contribution is 2.18. The van der Waals surface area contributed by atoms with Crippen molar-refractivity contribution in [3.8, 4) is 0 Å². The van der Waals surface area contributed by atoms with Crippen molar-refractivity contribution in [3.05, 3.63) is 71.8 Å². The first-order valence-corrected chi connectivity index (χ1v) is 50.8. The topological polar surface area (TPSA) is 555 Å². The maximum Gasteiger partial charge on any atom is 0.326 e. The minimum Gasteiger partial charge on any atom is -0.480 e. The van der Waals surface area contributed by atoms with Crippen molar-refractivity contribution in [1.29, 1.82) is 0 Å². The van der Waals surface area contributed by atoms with E-state index in [1.165, 1.54) is 0 Å². The summed E-state index contributed by atoms with van der Waals surface area (Å²) in [6.45, 7) is 9.44. The summed E-state index contributed by atoms with van der Waals surface area (Å²) in [5.74, 6) is -11.8. The molecule has 143 heavy (non-hydrogen) atoms. The number of nitrogens with zero attached hydrogens (tertiary/aromatic N) is 6. The zero-order valence-corrected chi connectivity index (χ0v) is 90.2. The van der Waals surface area contributed by atoms with E-state index in [4.69, 9.17) is 11.5 Å². The zero-order valence-electron chi connectivity index (χ0n) is 90.2. The molecule has 0 fully saturated rings. The molecule has 0 unspecified atom stereocenters. The van der Waals surface area contributed by atoms with Crippen LogP contribution in [0.1, 0.15) is 180 Å². The van der Waals surface area contributed by atoms with Crippen LogP contribution < -0.4 is 96.5 Å². The lowest BCUT2D eigenvalue weighted by Crippen LogP contribution is -2.61. The predicted octanol–water partition coefficient (Wildman–Crippen LogP) is -1.48. The molecule has 42 heteroatoms. The molecule has 0 heterocycles. The SMILES string of the molecule is CC(C)C[C@H](NC(=O)[C@@H](N)CCCCN)C(=O)N[C@H](C(=O)N[C@@H](Cc1ccccc1)C(=O)N[C@@H](Cc1ccccc1)C(=O)N[C@@H](CCCCNC(=O)C[N+](C)(C)C)C(=O)N[C@@H](CCCCNC(=O)C[N+](C)(C)C)C(=O)N[C@@H](CCCCNC(=O)C[N+](C)(C)C)C(=O)N[C@@H](CCCCNC(=O)C[N+](C)(C)C)C(=O)N[C@@H](CCCCNC(=O)C[N+](C)(C)C)C(=O)N[C@@H](CCCCNC(=O)C[N+](C)(C)C)C(=O)O)C(C)C. The molecule has 0 saturated carbocycles. The summed E-state index contributed by atoms with van der Waals surface area (Å²) in [5, 5.41) is 56.2. The van der Waals surface area contributed by atoms with E-state index in [-0.39, 0.29) is 242 Å². The predicted molar refractivity (Wildman–Crippen MR) is 551 cm³/mol. The Kier molecular flexibility index (Phi) is 58.7. The lowest BCUT2D eigenvalue weighted by molar-refractivity contribution is -0.862. The van der Waals surface area contributed by atoms with Crippen molar-refractivity contribution in [2.24, 2.45) is 23.3 Å². The maximum absolute atomic E-state index is 15.8. The normalized spacial score (nSPS) is 14.3. The van der Waals surface area contributed by atoms with E-state index < -0.39 is 137 Å². The van der Waals surface area contributed by atoms with Crippen LogP contribution in [0.3, 0.4) is 0 Å². The van der Waals surface area contributed by atoms with Gasteiger partial charge in [-0.05, 0) is 164 Å². The van der Waals surface area contributed by atoms with Gasteiger partial charge in [-0.3, -0.25) is 76.7 Å². The molecule has 0 aromatic heterocycles. The summed E-state index contributed by atoms with van der Waals surface area (Å²) in [6.07, 6.45) is 3.54. The van der Waals surface area contributed by atoms with E-state index in [1.807, 2.05) is 141 Å². The number of carboxylic acid groups (broad SMARTS) is 1. The molecule has 0 aliphatic rings. The van der Waals surface area contributed by atoms with Crippen molar-refractivity contribution in [2.75, 3.05) is 212 Å². The average molecular weight is 2020 g/mol. The Morgan fingerprint density at radius 3 is 0.720 bits per heavy atom. The number of carboxylic acids is 1. The lowest BCUT2D eigenvalue weighted by Gasteiger charge is -2.29. The Morgan fingerprint density at radius 1 is 0.266 bits per heavy atom. The minimum absolute atomic E-state index is 0.0633. The van der Waals surface area contributed by atoms with Crippen LogP contribution in [0.2, 0.25) is 0 Å². The Bertz CT molecular complexity index is 4290. The molecule has 0 spiro atoms. The van der Waals surface area contributed by atoms with Gasteiger partial charge >= 0.3 is 5.97 Å². The van der Waals surface area contributed by atoms with Gasteiger partial charge < -0.3 is 129 Å². The van der Waals surface area contributed by atoms with E-state index >= 15 is 28.8 Å². The lowest BCUT2D eigenvalue weighted by atomic mass is 9.98. The molecule has 0 aliphatic carbocycles. The molecule has 0 radical (unpaired) electrons. The van der Waals surface area contributed by atoms with Crippen molar-refractivity contribution in [3.63, 3.8) is 0 Å². The zero-order chi connectivity index (χ0) is 108. The molecule has 2 rings (SSSR count). The highest BCUT2D eigenvalue weighted by Gasteiger charge is 2.39. The first-order chi connectivity index (χ1) is 66.6. The van der Waals surface area contributed by atoms with Crippen LogP contribution in [-0.2, 0) is 94.3 Å². The number of carbonyl (C=O) groups is 17. The number of carbonyl (C=O) groups excluding carboxylic acids is 16. The number of unbranched alkanes of at least 4 members (excludes halogenated alkanes) is 7. The molecule has 2 aromatic rings. The van der Waals surface area contributed by atoms with Gasteiger partial charge in [-0.15, -0.1) is 0 Å². The van der Waals surface area contributed by atoms with Crippen LogP contribution in [-0.4, -0.2) is 411 Å². The number of quaternary nitrogens is 6. The number of likely N-dealkylation sites (N-methyl/N-ethyl adjacent to an activating group) is 6. The molecular formula is C101H184N24O18+6. The van der Waals surface area contributed by atoms with E-state index in [0.29, 0.717) is 76.7 Å². The molecule has 0 bridgehead atoms. The third-order valence-corrected chi connectivity index (χ3v) is 22.7. The minimum atomic E-state index is -1.55. The van der Waals surface area contributed by atoms with Crippen LogP contribution >= 0.6 is 0 Å². The number of amides is 16. The molecule has 11 atom stereocenters. The highest BCUT2D eigenvalue weighted by atomic mass is 16.4. The van der Waals surface area contributed by atoms with E-state index in [9.17, 15) is 57.8 Å². The van der Waals surface area contributed by atoms with E-state index in [2.05, 4.69) is 85.1 Å². The van der Waals surface area contributed by atoms with E-state index in [1.54, 1.807) is 74.5 Å². The maximum atomic E-state index is 15.8. The Balaban J connectivity index is 3.07. The molecule has 2 aromatic carbocycles. The van der Waals surface area contributed by atoms with Gasteiger partial charge in [0.2, 0.25) is 59.1 Å². The average Bonchev–Trinajstić information content (AvgIpc) is 0.821. The number of benzene rings is 2. The van der Waals surface area contributed by atoms with Crippen LogP contribution in [0.15, 0.2) is 60.7 Å². The van der Waals surface area contributed by atoms with Crippen molar-refractivity contribution < 1.29 is 114 Å². The molecule has 0 aliphatic heterocycles. The summed E-state index contributed by atoms with van der Waals surface area (Å²) >= 11 is 0. The quantitative estimate of drug-likeness (QED) is 0.0265. The Labute approximate surface area is 850 Å². The molecule has 16 amide bonds. The van der Waals surface area contributed by atoms with Crippen molar-refractivity contribution >= 4 is 100 Å². The first-order valence-electron chi connectivity index (χ1n) is 50.8. The van der Waals surface area contributed by atoms with Gasteiger partial charge in [-0.25, -0.2) is 4.79 Å². The highest BCUT2D eigenvalue weighted by molar-refractivity contribution is 5.99. The second-order valence-electron chi connectivity index (χ2n) is 44.8. The summed E-state index contributed by atoms with van der Waals surface area (Å²) in [7, 11) is 33.4. The first kappa shape index (κ1) is 128. The second-order valence-corrected chi connectivity index (χ2v) is 44.8. The van der Waals surface area contributed by atoms with Gasteiger partial charge in [-0.1, -0.05) is 94.8 Å². The largest absolute Gasteiger partial charge is 0.480 e. The van der Waals surface area contributed by atoms with Gasteiger partial charge in [0.15, 0.2) is 39.3 Å². The smallest absolute Gasteiger partial charge is 0.326 e. The van der Waals surface area contributed by atoms with E-state index in [0.717, 1.165) is 0 Å². The van der Waals surface area contributed by atoms with Gasteiger partial charge in [0.25, 0.3) is 35.4 Å². The number of aliphatic carboxylic acids is 1. The monoisotopic (exact) mass is 2020 g/mol. The van der Waals surface area contributed by atoms with Gasteiger partial charge in [0.1, 0.15) is 60.4 Å². The fourth-order valence-electron chi connectivity index (χ4n) is 15.4. The van der Waals surface area contributed by atoms with Crippen molar-refractivity contribution in [1.82, 2.24) is 85.1 Å². The second kappa shape index (κ2) is 65.5. The summed E-state index contributed by atoms with van der Waals surface area (Å²) in [5.41, 5.74) is 13.1. The molecule has 810 valence electrons. The van der Waals surface area contributed by atoms with Crippen LogP contribution in [0.4, 0.5) is 0 Å². The molecule has 21 N–H and O–H groups in total. The fraction of sp³-hybridized carbons (Fsp3) is 0.713. The molecule has 0 saturated heterocycles. The summed E-state index contributed by atoms with van der Waals surface area (Å²) in [6, 6.07) is 2.06. The van der Waals surface area contributed by atoms with Crippen LogP contribution in [0, 0.1) is 11.8 Å². The summed E-state index contributed by atoms with van der Waals surface area (Å²) in [4.78, 5) is 243. The summed E-state index contributed by atoms with van der Waals surface area (Å²) < 4.78 is 2.00. The number of nitrogens with one attached hydrogen (secondary N) is 16. The van der Waals surface area contributed by atoms with Crippen LogP contribution in [0.5, 0.6) is 0 Å². The van der Waals surface area contributed by atoms with Gasteiger partial charge in [0.05, 0.1) is 133 Å². The van der Waals surface area contributed by atoms with Crippen molar-refractivity contribution in [2.45, 2.75) is 248 Å². The van der Waals surface area contributed by atoms with Crippen LogP contribution in [0.25, 0.3) is 0 Å². The number of nitrogens with two attached hydrogens (primary N) is 2. The molecule has 42 nitrogen and oxygen atoms in total. The van der Waals surface area contributed by atoms with Gasteiger partial charge in [0, 0.05) is 52.1 Å². The Morgan fingerprint density at radius 2 is 0.483 bits per heavy atom. The molecular weight excluding hydrogens is 1840 g/mol. The standard InChI is InChI=1S/C101H178N24O18/c1-70(2)61-81(116-91(132)74(103)47-29-36-54-102)99(140)119-90(71(3)4)100(141)118-83(63-73-45-27-24-28-46-73)98(139)117-82(62-72-43-25-23-26-44-72)97(138)114-78(51-33-40-58-107-87(129)67-123(14,15)16)95(136)112-76(49-31-38-56-105-85(127)65-121(8,9)10)93(134)110-75(48-30-37-55-104-84(126)64-120(5,6)7)92(133)111-77(50-32-39-57-106-86(128)66-122(11,12)13)94(135)113-79(52-34-41-59-108-88(130)68-124(17,18)19)96(137)115-80(101(142)143)53-35-42-60-109-89(131)69-125(20,21)22/h23-28,43-46,70-71,74-83,90H,29-42,47-69,102-103H2,1-22H3,(H11-6,104,105,106,107,108,109,110,111,112,113,114,115,116,117,118,119,126,127,128,129,130,131,132,133,134,135,136,137,138,139,140,141,142,143)/p+6/t74-,75-,76-,77-,78-,79-,80-,81-,82-,83-,90-/m0/s1. The number of hydrogen-bond acceptors (Lipinski definition) is 19. The fourth-order valence-corrected chi connectivity index (χ4v) is 15.4. The Hall–Kier alpha value is -10.9. The number of hydrogen-bond donors (Lipinski definition) is 19. The van der Waals surface area contributed by atoms with Gasteiger partial charge in [-0.2, -0.15) is 0 Å². The third-order valence-electron chi connectivity index (χ3n) is 22.7. The number of rotatable bonds is 74. The third kappa shape index (κ3) is 61.8.